The quantitative estimate of drug-likeness (QED) is 0.434. The molecule has 1 atom stereocenters. The SMILES string of the molecule is C=C(C)C(=C)C(=O)NC(Cc1ccccc1)C(=O)C(=O)NC1CC1. The lowest BCUT2D eigenvalue weighted by molar-refractivity contribution is -0.139. The van der Waals surface area contributed by atoms with Crippen molar-refractivity contribution in [3.05, 3.63) is 60.2 Å². The van der Waals surface area contributed by atoms with Crippen LogP contribution in [0.4, 0.5) is 0 Å². The summed E-state index contributed by atoms with van der Waals surface area (Å²) in [6.45, 7) is 8.99. The maximum Gasteiger partial charge on any atom is 0.289 e. The summed E-state index contributed by atoms with van der Waals surface area (Å²) in [5, 5.41) is 5.28. The van der Waals surface area contributed by atoms with Gasteiger partial charge in [0.25, 0.3) is 11.8 Å². The van der Waals surface area contributed by atoms with E-state index in [1.165, 1.54) is 0 Å². The summed E-state index contributed by atoms with van der Waals surface area (Å²) in [6, 6.07) is 8.39. The third-order valence-electron chi connectivity index (χ3n) is 3.83. The number of rotatable bonds is 8. The van der Waals surface area contributed by atoms with Crippen LogP contribution in [0.5, 0.6) is 0 Å². The van der Waals surface area contributed by atoms with Gasteiger partial charge in [-0.25, -0.2) is 0 Å². The van der Waals surface area contributed by atoms with Gasteiger partial charge in [0, 0.05) is 18.0 Å². The van der Waals surface area contributed by atoms with E-state index >= 15 is 0 Å². The van der Waals surface area contributed by atoms with Gasteiger partial charge in [-0.2, -0.15) is 0 Å². The predicted octanol–water partition coefficient (Wildman–Crippen LogP) is 1.69. The summed E-state index contributed by atoms with van der Waals surface area (Å²) >= 11 is 0. The standard InChI is InChI=1S/C19H22N2O3/c1-12(2)13(3)18(23)21-16(11-14-7-5-4-6-8-14)17(22)19(24)20-15-9-10-15/h4-8,15-16H,1,3,9-11H2,2H3,(H,20,24)(H,21,23). The monoisotopic (exact) mass is 326 g/mol. The normalized spacial score (nSPS) is 14.4. The molecule has 5 heteroatoms. The van der Waals surface area contributed by atoms with Crippen LogP contribution < -0.4 is 10.6 Å². The van der Waals surface area contributed by atoms with Gasteiger partial charge in [0.1, 0.15) is 6.04 Å². The van der Waals surface area contributed by atoms with Crippen LogP contribution in [0.2, 0.25) is 0 Å². The Morgan fingerprint density at radius 3 is 2.29 bits per heavy atom. The Morgan fingerprint density at radius 1 is 1.12 bits per heavy atom. The fraction of sp³-hybridized carbons (Fsp3) is 0.316. The summed E-state index contributed by atoms with van der Waals surface area (Å²) in [5.41, 5.74) is 1.57. The molecule has 0 bridgehead atoms. The molecule has 1 aromatic carbocycles. The van der Waals surface area contributed by atoms with Gasteiger partial charge in [0.2, 0.25) is 5.78 Å². The Bertz CT molecular complexity index is 675. The second-order valence-corrected chi connectivity index (χ2v) is 6.09. The van der Waals surface area contributed by atoms with Crippen LogP contribution in [0.15, 0.2) is 54.6 Å². The lowest BCUT2D eigenvalue weighted by Crippen LogP contribution is -2.49. The lowest BCUT2D eigenvalue weighted by Gasteiger charge is -2.18. The van der Waals surface area contributed by atoms with Crippen LogP contribution in [-0.2, 0) is 20.8 Å². The Kier molecular flexibility index (Phi) is 5.68. The van der Waals surface area contributed by atoms with Gasteiger partial charge in [-0.3, -0.25) is 14.4 Å². The number of carbonyl (C=O) groups is 3. The van der Waals surface area contributed by atoms with E-state index in [-0.39, 0.29) is 18.0 Å². The minimum absolute atomic E-state index is 0.0833. The highest BCUT2D eigenvalue weighted by molar-refractivity contribution is 6.38. The molecule has 1 saturated carbocycles. The molecular weight excluding hydrogens is 304 g/mol. The highest BCUT2D eigenvalue weighted by atomic mass is 16.2. The molecule has 1 aliphatic carbocycles. The van der Waals surface area contributed by atoms with Crippen molar-refractivity contribution in [2.75, 3.05) is 0 Å². The van der Waals surface area contributed by atoms with Crippen LogP contribution in [0.3, 0.4) is 0 Å². The molecule has 0 heterocycles. The highest BCUT2D eigenvalue weighted by Crippen LogP contribution is 2.18. The highest BCUT2D eigenvalue weighted by Gasteiger charge is 2.31. The van der Waals surface area contributed by atoms with E-state index in [4.69, 9.17) is 0 Å². The number of hydrogen-bond acceptors (Lipinski definition) is 3. The van der Waals surface area contributed by atoms with Gasteiger partial charge >= 0.3 is 0 Å². The molecule has 1 aliphatic rings. The average Bonchev–Trinajstić information content (AvgIpc) is 3.37. The van der Waals surface area contributed by atoms with E-state index in [0.29, 0.717) is 5.57 Å². The molecule has 2 rings (SSSR count). The second kappa shape index (κ2) is 7.73. The molecule has 2 amide bonds. The smallest absolute Gasteiger partial charge is 0.289 e. The molecule has 0 spiro atoms. The van der Waals surface area contributed by atoms with Crippen LogP contribution in [0.1, 0.15) is 25.3 Å². The number of amides is 2. The summed E-state index contributed by atoms with van der Waals surface area (Å²) < 4.78 is 0. The first kappa shape index (κ1) is 17.7. The first-order valence-electron chi connectivity index (χ1n) is 7.92. The number of Topliss-reactive ketones (excluding diaryl/α,β-unsaturated/α-hetero) is 1. The zero-order valence-electron chi connectivity index (χ0n) is 13.8. The molecule has 0 saturated heterocycles. The number of hydrogen-bond donors (Lipinski definition) is 2. The van der Waals surface area contributed by atoms with Gasteiger partial charge < -0.3 is 10.6 Å². The van der Waals surface area contributed by atoms with Gasteiger partial charge in [0.05, 0.1) is 0 Å². The van der Waals surface area contributed by atoms with Gasteiger partial charge in [0.15, 0.2) is 0 Å². The summed E-state index contributed by atoms with van der Waals surface area (Å²) in [4.78, 5) is 36.7. The van der Waals surface area contributed by atoms with Gasteiger partial charge in [-0.1, -0.05) is 43.5 Å². The molecule has 1 unspecified atom stereocenters. The third kappa shape index (κ3) is 4.91. The molecule has 0 aliphatic heterocycles. The fourth-order valence-corrected chi connectivity index (χ4v) is 2.14. The first-order chi connectivity index (χ1) is 11.4. The molecule has 24 heavy (non-hydrogen) atoms. The van der Waals surface area contributed by atoms with Crippen LogP contribution >= 0.6 is 0 Å². The Balaban J connectivity index is 2.11. The van der Waals surface area contributed by atoms with Crippen molar-refractivity contribution in [2.45, 2.75) is 38.3 Å². The number of ketones is 1. The molecule has 126 valence electrons. The minimum Gasteiger partial charge on any atom is -0.347 e. The van der Waals surface area contributed by atoms with Crippen molar-refractivity contribution < 1.29 is 14.4 Å². The first-order valence-corrected chi connectivity index (χ1v) is 7.92. The molecule has 5 nitrogen and oxygen atoms in total. The number of benzene rings is 1. The van der Waals surface area contributed by atoms with E-state index in [9.17, 15) is 14.4 Å². The average molecular weight is 326 g/mol. The lowest BCUT2D eigenvalue weighted by atomic mass is 10.0. The molecule has 0 aromatic heterocycles. The maximum atomic E-state index is 12.5. The maximum absolute atomic E-state index is 12.5. The van der Waals surface area contributed by atoms with E-state index in [0.717, 1.165) is 18.4 Å². The van der Waals surface area contributed by atoms with Crippen molar-refractivity contribution in [3.63, 3.8) is 0 Å². The third-order valence-corrected chi connectivity index (χ3v) is 3.83. The summed E-state index contributed by atoms with van der Waals surface area (Å²) in [6.07, 6.45) is 2.02. The molecule has 1 aromatic rings. The van der Waals surface area contributed by atoms with Crippen molar-refractivity contribution in [3.8, 4) is 0 Å². The van der Waals surface area contributed by atoms with E-state index in [1.54, 1.807) is 6.92 Å². The van der Waals surface area contributed by atoms with E-state index in [1.807, 2.05) is 30.3 Å². The zero-order valence-corrected chi connectivity index (χ0v) is 13.8. The molecule has 0 radical (unpaired) electrons. The topological polar surface area (TPSA) is 75.3 Å². The number of carbonyl (C=O) groups excluding carboxylic acids is 3. The summed E-state index contributed by atoms with van der Waals surface area (Å²) in [5.74, 6) is -1.79. The van der Waals surface area contributed by atoms with Gasteiger partial charge in [-0.05, 0) is 30.9 Å². The van der Waals surface area contributed by atoms with E-state index < -0.39 is 23.6 Å². The molecule has 1 fully saturated rings. The van der Waals surface area contributed by atoms with Crippen LogP contribution in [0, 0.1) is 0 Å². The van der Waals surface area contributed by atoms with Crippen molar-refractivity contribution in [1.29, 1.82) is 0 Å². The zero-order chi connectivity index (χ0) is 17.7. The summed E-state index contributed by atoms with van der Waals surface area (Å²) in [7, 11) is 0. The number of nitrogens with one attached hydrogen (secondary N) is 2. The predicted molar refractivity (Wildman–Crippen MR) is 92.2 cm³/mol. The minimum atomic E-state index is -0.935. The van der Waals surface area contributed by atoms with Crippen molar-refractivity contribution in [2.24, 2.45) is 0 Å². The second-order valence-electron chi connectivity index (χ2n) is 6.09. The van der Waals surface area contributed by atoms with Gasteiger partial charge in [-0.15, -0.1) is 0 Å². The molecule has 2 N–H and O–H groups in total. The Labute approximate surface area is 141 Å². The van der Waals surface area contributed by atoms with Crippen LogP contribution in [0.25, 0.3) is 0 Å². The van der Waals surface area contributed by atoms with Crippen molar-refractivity contribution >= 4 is 17.6 Å². The van der Waals surface area contributed by atoms with Crippen molar-refractivity contribution in [1.82, 2.24) is 10.6 Å². The van der Waals surface area contributed by atoms with E-state index in [2.05, 4.69) is 23.8 Å². The largest absolute Gasteiger partial charge is 0.347 e. The fourth-order valence-electron chi connectivity index (χ4n) is 2.14. The Morgan fingerprint density at radius 2 is 1.75 bits per heavy atom. The molecular formula is C19H22N2O3. The van der Waals surface area contributed by atoms with Crippen LogP contribution in [-0.4, -0.2) is 29.7 Å². The Hall–Kier alpha value is -2.69.